The zero-order valence-corrected chi connectivity index (χ0v) is 18.5. The molecule has 3 aromatic rings. The lowest BCUT2D eigenvalue weighted by Gasteiger charge is -2.33. The van der Waals surface area contributed by atoms with Gasteiger partial charge in [0.2, 0.25) is 5.82 Å². The van der Waals surface area contributed by atoms with Gasteiger partial charge < -0.3 is 19.3 Å². The molecule has 1 saturated heterocycles. The first kappa shape index (κ1) is 21.3. The number of likely N-dealkylation sites (N-methyl/N-ethyl adjacent to an activating group) is 1. The summed E-state index contributed by atoms with van der Waals surface area (Å²) in [6, 6.07) is 16.5. The highest BCUT2D eigenvalue weighted by atomic mass is 16.5. The Labute approximate surface area is 183 Å². The number of methoxy groups -OCH3 is 2. The van der Waals surface area contributed by atoms with Crippen LogP contribution in [0.5, 0.6) is 11.5 Å². The largest absolute Gasteiger partial charge is 0.497 e. The van der Waals surface area contributed by atoms with Crippen molar-refractivity contribution in [3.8, 4) is 11.5 Å². The van der Waals surface area contributed by atoms with Crippen LogP contribution in [0.25, 0.3) is 0 Å². The number of hydrogen-bond acceptors (Lipinski definition) is 5. The second kappa shape index (κ2) is 9.89. The van der Waals surface area contributed by atoms with Gasteiger partial charge in [0.1, 0.15) is 37.7 Å². The van der Waals surface area contributed by atoms with Crippen LogP contribution < -0.4 is 19.3 Å². The van der Waals surface area contributed by atoms with Gasteiger partial charge in [-0.3, -0.25) is 0 Å². The average Bonchev–Trinajstić information content (AvgIpc) is 3.28. The number of nitrogens with zero attached hydrogens (tertiary/aromatic N) is 4. The molecule has 0 unspecified atom stereocenters. The van der Waals surface area contributed by atoms with Gasteiger partial charge in [-0.25, -0.2) is 4.68 Å². The third-order valence-electron chi connectivity index (χ3n) is 6.27. The van der Waals surface area contributed by atoms with Crippen molar-refractivity contribution in [3.05, 3.63) is 65.5 Å². The van der Waals surface area contributed by atoms with Gasteiger partial charge in [-0.2, -0.15) is 0 Å². The molecule has 0 aliphatic carbocycles. The van der Waals surface area contributed by atoms with E-state index in [1.54, 1.807) is 19.1 Å². The molecule has 1 fully saturated rings. The van der Waals surface area contributed by atoms with Crippen molar-refractivity contribution in [2.75, 3.05) is 46.9 Å². The lowest BCUT2D eigenvalue weighted by Crippen LogP contribution is -3.28. The molecule has 8 heteroatoms. The molecule has 4 rings (SSSR count). The SMILES string of the molecule is CC[NH+]1CC[NH+]([C@H](c2ccc(OC)cc2)c2nnnn2Cc2ccc(OC)cc2)CC1. The predicted molar refractivity (Wildman–Crippen MR) is 117 cm³/mol. The molecule has 0 radical (unpaired) electrons. The van der Waals surface area contributed by atoms with Gasteiger partial charge in [0.25, 0.3) is 0 Å². The van der Waals surface area contributed by atoms with Crippen molar-refractivity contribution in [2.24, 2.45) is 0 Å². The van der Waals surface area contributed by atoms with Gasteiger partial charge in [0, 0.05) is 5.56 Å². The van der Waals surface area contributed by atoms with Crippen molar-refractivity contribution in [3.63, 3.8) is 0 Å². The fourth-order valence-corrected chi connectivity index (χ4v) is 4.37. The molecule has 0 amide bonds. The van der Waals surface area contributed by atoms with E-state index in [2.05, 4.69) is 46.7 Å². The van der Waals surface area contributed by atoms with Gasteiger partial charge >= 0.3 is 0 Å². The molecule has 0 bridgehead atoms. The fourth-order valence-electron chi connectivity index (χ4n) is 4.37. The highest BCUT2D eigenvalue weighted by molar-refractivity contribution is 5.31. The van der Waals surface area contributed by atoms with Crippen LogP contribution in [0.2, 0.25) is 0 Å². The Balaban J connectivity index is 1.64. The molecule has 31 heavy (non-hydrogen) atoms. The Hall–Kier alpha value is -2.97. The standard InChI is InChI=1S/C23H30N6O2/c1-4-27-13-15-28(16-14-27)22(19-7-11-21(31-3)12-8-19)23-24-25-26-29(23)17-18-5-9-20(30-2)10-6-18/h5-12,22H,4,13-17H2,1-3H3/p+2/t22-/m1/s1. The van der Waals surface area contributed by atoms with E-state index >= 15 is 0 Å². The average molecular weight is 425 g/mol. The maximum Gasteiger partial charge on any atom is 0.214 e. The summed E-state index contributed by atoms with van der Waals surface area (Å²) in [7, 11) is 3.37. The van der Waals surface area contributed by atoms with E-state index in [0.717, 1.165) is 36.0 Å². The molecule has 1 aromatic heterocycles. The summed E-state index contributed by atoms with van der Waals surface area (Å²) in [5, 5.41) is 12.9. The minimum Gasteiger partial charge on any atom is -0.497 e. The molecule has 8 nitrogen and oxygen atoms in total. The number of ether oxygens (including phenoxy) is 2. The molecule has 1 atom stereocenters. The first-order valence-corrected chi connectivity index (χ1v) is 10.9. The van der Waals surface area contributed by atoms with Gasteiger partial charge in [-0.15, -0.1) is 5.10 Å². The van der Waals surface area contributed by atoms with Crippen molar-refractivity contribution in [1.82, 2.24) is 20.2 Å². The van der Waals surface area contributed by atoms with Gasteiger partial charge in [0.05, 0.1) is 27.3 Å². The Morgan fingerprint density at radius 1 is 0.903 bits per heavy atom. The second-order valence-corrected chi connectivity index (χ2v) is 8.01. The Morgan fingerprint density at radius 2 is 1.52 bits per heavy atom. The molecule has 0 saturated carbocycles. The number of rotatable bonds is 8. The van der Waals surface area contributed by atoms with Gasteiger partial charge in [-0.05, 0) is 59.3 Å². The van der Waals surface area contributed by atoms with Crippen LogP contribution in [0.15, 0.2) is 48.5 Å². The summed E-state index contributed by atoms with van der Waals surface area (Å²) in [5.74, 6) is 2.60. The maximum atomic E-state index is 5.37. The van der Waals surface area contributed by atoms with Gasteiger partial charge in [-0.1, -0.05) is 12.1 Å². The number of aromatic nitrogens is 4. The van der Waals surface area contributed by atoms with Crippen LogP contribution in [0.3, 0.4) is 0 Å². The van der Waals surface area contributed by atoms with Crippen LogP contribution in [0.1, 0.15) is 29.9 Å². The summed E-state index contributed by atoms with van der Waals surface area (Å²) in [5.41, 5.74) is 2.35. The number of quaternary nitrogens is 2. The van der Waals surface area contributed by atoms with Crippen molar-refractivity contribution < 1.29 is 19.3 Å². The first-order chi connectivity index (χ1) is 15.2. The highest BCUT2D eigenvalue weighted by Gasteiger charge is 2.35. The van der Waals surface area contributed by atoms with Gasteiger partial charge in [0.15, 0.2) is 6.04 Å². The third kappa shape index (κ3) is 4.86. The Kier molecular flexibility index (Phi) is 6.79. The zero-order valence-electron chi connectivity index (χ0n) is 18.5. The lowest BCUT2D eigenvalue weighted by atomic mass is 10.0. The number of nitrogens with one attached hydrogen (secondary N) is 2. The van der Waals surface area contributed by atoms with Crippen LogP contribution in [0, 0.1) is 0 Å². The minimum absolute atomic E-state index is 0.0811. The van der Waals surface area contributed by atoms with E-state index in [1.165, 1.54) is 30.1 Å². The van der Waals surface area contributed by atoms with E-state index in [4.69, 9.17) is 9.47 Å². The van der Waals surface area contributed by atoms with Crippen molar-refractivity contribution >= 4 is 0 Å². The summed E-state index contributed by atoms with van der Waals surface area (Å²) >= 11 is 0. The molecular formula is C23H32N6O2+2. The van der Waals surface area contributed by atoms with E-state index in [9.17, 15) is 0 Å². The van der Waals surface area contributed by atoms with Crippen molar-refractivity contribution in [2.45, 2.75) is 19.5 Å². The molecule has 1 aliphatic rings. The summed E-state index contributed by atoms with van der Waals surface area (Å²) in [4.78, 5) is 3.17. The van der Waals surface area contributed by atoms with Crippen LogP contribution in [-0.4, -0.2) is 67.2 Å². The monoisotopic (exact) mass is 424 g/mol. The molecule has 1 aliphatic heterocycles. The second-order valence-electron chi connectivity index (χ2n) is 8.01. The third-order valence-corrected chi connectivity index (χ3v) is 6.27. The lowest BCUT2D eigenvalue weighted by molar-refractivity contribution is -1.02. The van der Waals surface area contributed by atoms with Crippen LogP contribution in [-0.2, 0) is 6.54 Å². The molecule has 2 N–H and O–H groups in total. The zero-order chi connectivity index (χ0) is 21.6. The summed E-state index contributed by atoms with van der Waals surface area (Å²) in [6.45, 7) is 8.58. The smallest absolute Gasteiger partial charge is 0.214 e. The van der Waals surface area contributed by atoms with E-state index in [0.29, 0.717) is 6.54 Å². The minimum atomic E-state index is 0.0811. The van der Waals surface area contributed by atoms with E-state index in [-0.39, 0.29) is 6.04 Å². The van der Waals surface area contributed by atoms with Crippen LogP contribution >= 0.6 is 0 Å². The fraction of sp³-hybridized carbons (Fsp3) is 0.435. The first-order valence-electron chi connectivity index (χ1n) is 10.9. The Bertz CT molecular complexity index is 949. The normalized spacial score (nSPS) is 19.7. The molecular weight excluding hydrogens is 392 g/mol. The van der Waals surface area contributed by atoms with E-state index < -0.39 is 0 Å². The number of piperazine rings is 1. The Morgan fingerprint density at radius 3 is 2.10 bits per heavy atom. The molecule has 2 heterocycles. The number of tetrazole rings is 1. The molecule has 164 valence electrons. The van der Waals surface area contributed by atoms with Crippen molar-refractivity contribution in [1.29, 1.82) is 0 Å². The predicted octanol–water partition coefficient (Wildman–Crippen LogP) is -0.369. The maximum absolute atomic E-state index is 5.37. The highest BCUT2D eigenvalue weighted by Crippen LogP contribution is 2.21. The van der Waals surface area contributed by atoms with E-state index in [1.807, 2.05) is 28.9 Å². The van der Waals surface area contributed by atoms with Crippen LogP contribution in [0.4, 0.5) is 0 Å². The number of benzene rings is 2. The molecule has 0 spiro atoms. The number of hydrogen-bond donors (Lipinski definition) is 2. The quantitative estimate of drug-likeness (QED) is 0.517. The summed E-state index contributed by atoms with van der Waals surface area (Å²) in [6.07, 6.45) is 0. The summed E-state index contributed by atoms with van der Waals surface area (Å²) < 4.78 is 12.6. The topological polar surface area (TPSA) is 70.9 Å². The molecule has 2 aromatic carbocycles.